The first kappa shape index (κ1) is 33.0. The fourth-order valence-corrected chi connectivity index (χ4v) is 5.23. The van der Waals surface area contributed by atoms with Crippen molar-refractivity contribution in [2.45, 2.75) is 56.2 Å². The Bertz CT molecular complexity index is 1400. The number of carboxylic acid groups (broad SMARTS) is 1. The molecule has 0 spiro atoms. The smallest absolute Gasteiger partial charge is 0.475 e. The second kappa shape index (κ2) is 13.0. The van der Waals surface area contributed by atoms with E-state index in [4.69, 9.17) is 9.90 Å². The van der Waals surface area contributed by atoms with Crippen LogP contribution in [0.15, 0.2) is 46.1 Å². The summed E-state index contributed by atoms with van der Waals surface area (Å²) in [7, 11) is -2.34. The number of hydrogen-bond acceptors (Lipinski definition) is 7. The molecule has 0 aliphatic heterocycles. The number of thiazole rings is 1. The van der Waals surface area contributed by atoms with Gasteiger partial charge < -0.3 is 10.4 Å². The summed E-state index contributed by atoms with van der Waals surface area (Å²) in [4.78, 5) is 13.8. The molecule has 1 heterocycles. The van der Waals surface area contributed by atoms with E-state index in [1.807, 2.05) is 27.8 Å². The van der Waals surface area contributed by atoms with Gasteiger partial charge in [-0.25, -0.2) is 31.4 Å². The van der Waals surface area contributed by atoms with Gasteiger partial charge in [0.2, 0.25) is 0 Å². The van der Waals surface area contributed by atoms with E-state index in [1.165, 1.54) is 28.3 Å². The number of hydrogen-bond donors (Lipinski definition) is 2. The van der Waals surface area contributed by atoms with E-state index < -0.39 is 50.1 Å². The maximum absolute atomic E-state index is 14.7. The van der Waals surface area contributed by atoms with Crippen LogP contribution < -0.4 is 5.32 Å². The monoisotopic (exact) mass is 611 g/mol. The summed E-state index contributed by atoms with van der Waals surface area (Å²) < 4.78 is 101. The van der Waals surface area contributed by atoms with Crippen molar-refractivity contribution in [3.8, 4) is 0 Å². The minimum Gasteiger partial charge on any atom is -0.475 e. The topological polar surface area (TPSA) is 99.6 Å². The zero-order valence-corrected chi connectivity index (χ0v) is 23.4. The molecule has 0 fully saturated rings. The second-order valence-corrected chi connectivity index (χ2v) is 12.2. The first-order chi connectivity index (χ1) is 18.3. The molecule has 2 N–H and O–H groups in total. The second-order valence-electron chi connectivity index (χ2n) is 9.57. The van der Waals surface area contributed by atoms with E-state index >= 15 is 0 Å². The number of alkyl halides is 3. The fraction of sp³-hybridized carbons (Fsp3) is 0.360. The van der Waals surface area contributed by atoms with Crippen LogP contribution in [0.4, 0.5) is 32.0 Å². The number of carbonyl (C=O) groups is 1. The van der Waals surface area contributed by atoms with E-state index in [1.54, 1.807) is 12.1 Å². The van der Waals surface area contributed by atoms with Gasteiger partial charge in [-0.3, -0.25) is 4.90 Å². The number of rotatable bonds is 8. The standard InChI is InChI=1S/C23H26F3N3O2S2.C2HF3O2/c1-23(2,3)29(4)11-15-6-5-7-19(24)18(15)10-27-16-8-20(25)22(21(26)9-16)33(30,31)13-17-12-32-14-28-17;3-2(4,5)1(6)7/h5-9,12,14,27H,10-11,13H2,1-4H3;(H,6,7). The van der Waals surface area contributed by atoms with Crippen LogP contribution in [0.1, 0.15) is 37.6 Å². The van der Waals surface area contributed by atoms with Crippen LogP contribution in [0, 0.1) is 17.5 Å². The summed E-state index contributed by atoms with van der Waals surface area (Å²) in [5, 5.41) is 11.4. The first-order valence-corrected chi connectivity index (χ1v) is 14.0. The maximum atomic E-state index is 14.7. The molecule has 0 radical (unpaired) electrons. The van der Waals surface area contributed by atoms with Gasteiger partial charge in [-0.2, -0.15) is 13.2 Å². The van der Waals surface area contributed by atoms with Crippen molar-refractivity contribution in [3.63, 3.8) is 0 Å². The molecule has 0 amide bonds. The Kier molecular flexibility index (Phi) is 10.7. The number of benzene rings is 2. The molecule has 3 rings (SSSR count). The third-order valence-corrected chi connectivity index (χ3v) is 7.93. The Balaban J connectivity index is 0.000000708. The van der Waals surface area contributed by atoms with Crippen LogP contribution in [0.3, 0.4) is 0 Å². The summed E-state index contributed by atoms with van der Waals surface area (Å²) >= 11 is 1.19. The highest BCUT2D eigenvalue weighted by Crippen LogP contribution is 2.27. The molecule has 0 saturated heterocycles. The lowest BCUT2D eigenvalue weighted by Gasteiger charge is -2.32. The van der Waals surface area contributed by atoms with Crippen molar-refractivity contribution >= 4 is 32.8 Å². The molecule has 15 heteroatoms. The van der Waals surface area contributed by atoms with Gasteiger partial charge in [0.25, 0.3) is 0 Å². The van der Waals surface area contributed by atoms with Gasteiger partial charge in [0.05, 0.1) is 17.0 Å². The van der Waals surface area contributed by atoms with Crippen molar-refractivity contribution in [3.05, 3.63) is 75.5 Å². The van der Waals surface area contributed by atoms with E-state index in [2.05, 4.69) is 15.2 Å². The highest BCUT2D eigenvalue weighted by Gasteiger charge is 2.38. The normalized spacial score (nSPS) is 12.2. The van der Waals surface area contributed by atoms with E-state index in [0.29, 0.717) is 12.1 Å². The van der Waals surface area contributed by atoms with Crippen molar-refractivity contribution in [1.82, 2.24) is 9.88 Å². The van der Waals surface area contributed by atoms with Gasteiger partial charge in [-0.05, 0) is 51.6 Å². The van der Waals surface area contributed by atoms with Crippen LogP contribution in [0.5, 0.6) is 0 Å². The Labute approximate surface area is 231 Å². The van der Waals surface area contributed by atoms with Crippen LogP contribution in [-0.4, -0.2) is 48.1 Å². The predicted octanol–water partition coefficient (Wildman–Crippen LogP) is 6.01. The summed E-state index contributed by atoms with van der Waals surface area (Å²) in [6.45, 7) is 6.58. The van der Waals surface area contributed by atoms with Gasteiger partial charge in [0.15, 0.2) is 9.84 Å². The van der Waals surface area contributed by atoms with Crippen molar-refractivity contribution < 1.29 is 44.7 Å². The van der Waals surface area contributed by atoms with Gasteiger partial charge in [0.1, 0.15) is 22.3 Å². The number of nitrogens with one attached hydrogen (secondary N) is 1. The van der Waals surface area contributed by atoms with Crippen LogP contribution in [0.25, 0.3) is 0 Å². The molecule has 0 saturated carbocycles. The van der Waals surface area contributed by atoms with Gasteiger partial charge in [-0.1, -0.05) is 12.1 Å². The number of carboxylic acids is 1. The van der Waals surface area contributed by atoms with Gasteiger partial charge >= 0.3 is 12.1 Å². The van der Waals surface area contributed by atoms with E-state index in [9.17, 15) is 34.8 Å². The van der Waals surface area contributed by atoms with Crippen LogP contribution in [-0.2, 0) is 33.5 Å². The van der Waals surface area contributed by atoms with Crippen molar-refractivity contribution in [1.29, 1.82) is 0 Å². The van der Waals surface area contributed by atoms with Crippen molar-refractivity contribution in [2.24, 2.45) is 0 Å². The van der Waals surface area contributed by atoms with E-state index in [0.717, 1.165) is 17.7 Å². The van der Waals surface area contributed by atoms with Gasteiger partial charge in [-0.15, -0.1) is 11.3 Å². The molecule has 1 aromatic heterocycles. The first-order valence-electron chi connectivity index (χ1n) is 11.4. The molecule has 7 nitrogen and oxygen atoms in total. The summed E-state index contributed by atoms with van der Waals surface area (Å²) in [5.41, 5.74) is 2.64. The lowest BCUT2D eigenvalue weighted by molar-refractivity contribution is -0.192. The molecule has 40 heavy (non-hydrogen) atoms. The number of aromatic nitrogens is 1. The zero-order valence-electron chi connectivity index (χ0n) is 21.8. The predicted molar refractivity (Wildman–Crippen MR) is 138 cm³/mol. The molecular formula is C25H27F6N3O4S2. The maximum Gasteiger partial charge on any atom is 0.490 e. The molecule has 3 aromatic rings. The summed E-state index contributed by atoms with van der Waals surface area (Å²) in [6, 6.07) is 6.55. The number of sulfone groups is 1. The number of aliphatic carboxylic acids is 1. The highest BCUT2D eigenvalue weighted by molar-refractivity contribution is 7.90. The summed E-state index contributed by atoms with van der Waals surface area (Å²) in [6.07, 6.45) is -5.08. The Morgan fingerprint density at radius 1 is 1.07 bits per heavy atom. The number of anilines is 1. The molecule has 2 aromatic carbocycles. The quantitative estimate of drug-likeness (QED) is 0.301. The molecule has 0 atom stereocenters. The third-order valence-electron chi connectivity index (χ3n) is 5.61. The molecular weight excluding hydrogens is 584 g/mol. The van der Waals surface area contributed by atoms with E-state index in [-0.39, 0.29) is 23.5 Å². The fourth-order valence-electron chi connectivity index (χ4n) is 3.17. The number of halogens is 6. The Morgan fingerprint density at radius 2 is 1.65 bits per heavy atom. The zero-order chi connectivity index (χ0) is 30.5. The minimum atomic E-state index is -5.08. The Hall–Kier alpha value is -3.17. The summed E-state index contributed by atoms with van der Waals surface area (Å²) in [5.74, 6) is -6.22. The molecule has 220 valence electrons. The minimum absolute atomic E-state index is 0.0102. The Morgan fingerprint density at radius 3 is 2.12 bits per heavy atom. The SMILES string of the molecule is CN(Cc1cccc(F)c1CNc1cc(F)c(S(=O)(=O)Cc2cscn2)c(F)c1)C(C)(C)C.O=C(O)C(F)(F)F. The van der Waals surface area contributed by atoms with Gasteiger partial charge in [0, 0.05) is 35.3 Å². The number of nitrogens with zero attached hydrogens (tertiary/aromatic N) is 2. The lowest BCUT2D eigenvalue weighted by atomic mass is 10.0. The molecule has 0 bridgehead atoms. The van der Waals surface area contributed by atoms with Crippen LogP contribution >= 0.6 is 11.3 Å². The van der Waals surface area contributed by atoms with Crippen molar-refractivity contribution in [2.75, 3.05) is 12.4 Å². The largest absolute Gasteiger partial charge is 0.490 e. The average Bonchev–Trinajstić information content (AvgIpc) is 3.29. The molecule has 0 aliphatic carbocycles. The third kappa shape index (κ3) is 9.20. The molecule has 0 aliphatic rings. The average molecular weight is 612 g/mol. The highest BCUT2D eigenvalue weighted by atomic mass is 32.2. The molecule has 0 unspecified atom stereocenters. The van der Waals surface area contributed by atoms with Crippen LogP contribution in [0.2, 0.25) is 0 Å². The lowest BCUT2D eigenvalue weighted by Crippen LogP contribution is -2.37.